The van der Waals surface area contributed by atoms with Crippen molar-refractivity contribution in [2.24, 2.45) is 0 Å². The number of carboxylic acids is 2. The predicted octanol–water partition coefficient (Wildman–Crippen LogP) is 3.41. The fraction of sp³-hybridized carbons (Fsp3) is 0.250. The van der Waals surface area contributed by atoms with Gasteiger partial charge in [0, 0.05) is 22.4 Å². The summed E-state index contributed by atoms with van der Waals surface area (Å²) in [7, 11) is 0. The minimum atomic E-state index is -0.875. The second kappa shape index (κ2) is 7.26. The molecule has 0 saturated heterocycles. The van der Waals surface area contributed by atoms with Crippen molar-refractivity contribution in [1.29, 1.82) is 0 Å². The van der Waals surface area contributed by atoms with Gasteiger partial charge in [0.2, 0.25) is 0 Å². The Hall–Kier alpha value is -2.08. The topological polar surface area (TPSA) is 79.5 Å². The molecule has 0 aliphatic rings. The van der Waals surface area contributed by atoms with Crippen LogP contribution in [0.4, 0.5) is 0 Å². The summed E-state index contributed by atoms with van der Waals surface area (Å²) in [5.41, 5.74) is 2.70. The first-order valence-electron chi connectivity index (χ1n) is 6.85. The van der Waals surface area contributed by atoms with E-state index in [0.717, 1.165) is 21.4 Å². The Morgan fingerprint density at radius 3 is 2.18 bits per heavy atom. The van der Waals surface area contributed by atoms with Crippen LogP contribution in [0.3, 0.4) is 0 Å². The molecule has 6 heteroatoms. The van der Waals surface area contributed by atoms with Crippen molar-refractivity contribution in [2.45, 2.75) is 25.8 Å². The van der Waals surface area contributed by atoms with E-state index in [1.54, 1.807) is 0 Å². The molecular formula is C16H16BrNO4. The Balaban J connectivity index is 2.33. The first-order valence-corrected chi connectivity index (χ1v) is 7.64. The lowest BCUT2D eigenvalue weighted by atomic mass is 10.1. The zero-order valence-corrected chi connectivity index (χ0v) is 13.4. The first-order chi connectivity index (χ1) is 10.5. The van der Waals surface area contributed by atoms with Gasteiger partial charge in [-0.15, -0.1) is 0 Å². The zero-order chi connectivity index (χ0) is 16.1. The monoisotopic (exact) mass is 365 g/mol. The maximum Gasteiger partial charge on any atom is 0.305 e. The van der Waals surface area contributed by atoms with Gasteiger partial charge < -0.3 is 14.8 Å². The number of aryl methyl sites for hydroxylation is 1. The van der Waals surface area contributed by atoms with Gasteiger partial charge >= 0.3 is 11.9 Å². The average Bonchev–Trinajstić information content (AvgIpc) is 2.86. The van der Waals surface area contributed by atoms with Crippen molar-refractivity contribution < 1.29 is 19.8 Å². The van der Waals surface area contributed by atoms with Crippen LogP contribution in [0.1, 0.15) is 18.5 Å². The summed E-state index contributed by atoms with van der Waals surface area (Å²) in [6.45, 7) is 0.322. The highest BCUT2D eigenvalue weighted by Crippen LogP contribution is 2.25. The zero-order valence-electron chi connectivity index (χ0n) is 11.8. The third-order valence-corrected chi connectivity index (χ3v) is 3.88. The summed E-state index contributed by atoms with van der Waals surface area (Å²) in [6, 6.07) is 11.5. The van der Waals surface area contributed by atoms with Crippen LogP contribution >= 0.6 is 15.9 Å². The second-order valence-electron chi connectivity index (χ2n) is 4.91. The molecule has 0 unspecified atom stereocenters. The molecule has 0 bridgehead atoms. The van der Waals surface area contributed by atoms with E-state index >= 15 is 0 Å². The van der Waals surface area contributed by atoms with E-state index in [4.69, 9.17) is 10.2 Å². The van der Waals surface area contributed by atoms with Crippen LogP contribution in [-0.4, -0.2) is 26.7 Å². The SMILES string of the molecule is O=C(O)CCc1ccc(-c2ccc(Br)cc2)n1CCC(=O)O. The minimum Gasteiger partial charge on any atom is -0.481 e. The maximum absolute atomic E-state index is 10.9. The molecule has 0 spiro atoms. The summed E-state index contributed by atoms with van der Waals surface area (Å²) in [4.78, 5) is 21.6. The molecule has 0 aliphatic heterocycles. The van der Waals surface area contributed by atoms with E-state index in [2.05, 4.69) is 15.9 Å². The lowest BCUT2D eigenvalue weighted by Crippen LogP contribution is -2.10. The molecule has 5 nitrogen and oxygen atoms in total. The molecule has 22 heavy (non-hydrogen) atoms. The van der Waals surface area contributed by atoms with Gasteiger partial charge in [-0.2, -0.15) is 0 Å². The third kappa shape index (κ3) is 4.21. The molecule has 0 aliphatic carbocycles. The van der Waals surface area contributed by atoms with E-state index in [9.17, 15) is 9.59 Å². The van der Waals surface area contributed by atoms with Crippen LogP contribution in [0.2, 0.25) is 0 Å². The number of nitrogens with zero attached hydrogens (tertiary/aromatic N) is 1. The lowest BCUT2D eigenvalue weighted by molar-refractivity contribution is -0.138. The molecular weight excluding hydrogens is 350 g/mol. The van der Waals surface area contributed by atoms with Crippen molar-refractivity contribution in [3.05, 3.63) is 46.6 Å². The maximum atomic E-state index is 10.9. The van der Waals surface area contributed by atoms with Gasteiger partial charge in [-0.05, 0) is 36.2 Å². The van der Waals surface area contributed by atoms with Crippen LogP contribution in [0.15, 0.2) is 40.9 Å². The fourth-order valence-electron chi connectivity index (χ4n) is 2.31. The van der Waals surface area contributed by atoms with E-state index < -0.39 is 11.9 Å². The van der Waals surface area contributed by atoms with Crippen molar-refractivity contribution in [3.8, 4) is 11.3 Å². The van der Waals surface area contributed by atoms with Crippen LogP contribution in [0.5, 0.6) is 0 Å². The molecule has 0 atom stereocenters. The number of carbonyl (C=O) groups is 2. The predicted molar refractivity (Wildman–Crippen MR) is 85.8 cm³/mol. The van der Waals surface area contributed by atoms with Gasteiger partial charge in [0.25, 0.3) is 0 Å². The van der Waals surface area contributed by atoms with E-state index in [1.165, 1.54) is 0 Å². The summed E-state index contributed by atoms with van der Waals surface area (Å²) in [5.74, 6) is -1.74. The van der Waals surface area contributed by atoms with E-state index in [-0.39, 0.29) is 12.8 Å². The molecule has 1 heterocycles. The van der Waals surface area contributed by atoms with Crippen molar-refractivity contribution in [3.63, 3.8) is 0 Å². The molecule has 2 rings (SSSR count). The van der Waals surface area contributed by atoms with Gasteiger partial charge in [-0.3, -0.25) is 9.59 Å². The molecule has 0 radical (unpaired) electrons. The molecule has 0 fully saturated rings. The van der Waals surface area contributed by atoms with Crippen LogP contribution in [0, 0.1) is 0 Å². The molecule has 0 saturated carbocycles. The number of halogens is 1. The lowest BCUT2D eigenvalue weighted by Gasteiger charge is -2.12. The normalized spacial score (nSPS) is 10.6. The van der Waals surface area contributed by atoms with E-state index in [1.807, 2.05) is 41.0 Å². The van der Waals surface area contributed by atoms with Crippen LogP contribution in [-0.2, 0) is 22.6 Å². The molecule has 2 aromatic rings. The number of carboxylic acid groups (broad SMARTS) is 2. The Labute approximate surface area is 136 Å². The van der Waals surface area contributed by atoms with Gasteiger partial charge in [0.15, 0.2) is 0 Å². The average molecular weight is 366 g/mol. The van der Waals surface area contributed by atoms with Crippen LogP contribution < -0.4 is 0 Å². The third-order valence-electron chi connectivity index (χ3n) is 3.36. The number of hydrogen-bond donors (Lipinski definition) is 2. The summed E-state index contributed by atoms with van der Waals surface area (Å²) in [6.07, 6.45) is 0.403. The fourth-order valence-corrected chi connectivity index (χ4v) is 2.57. The highest BCUT2D eigenvalue weighted by molar-refractivity contribution is 9.10. The first kappa shape index (κ1) is 16.3. The minimum absolute atomic E-state index is 0.00171. The van der Waals surface area contributed by atoms with Gasteiger partial charge in [0.1, 0.15) is 0 Å². The van der Waals surface area contributed by atoms with Gasteiger partial charge in [-0.1, -0.05) is 28.1 Å². The van der Waals surface area contributed by atoms with Gasteiger partial charge in [-0.25, -0.2) is 0 Å². The van der Waals surface area contributed by atoms with Gasteiger partial charge in [0.05, 0.1) is 12.8 Å². The summed E-state index contributed by atoms with van der Waals surface area (Å²) < 4.78 is 2.85. The Kier molecular flexibility index (Phi) is 5.38. The number of aliphatic carboxylic acids is 2. The summed E-state index contributed by atoms with van der Waals surface area (Å²) in [5, 5.41) is 17.7. The van der Waals surface area contributed by atoms with Crippen molar-refractivity contribution >= 4 is 27.9 Å². The highest BCUT2D eigenvalue weighted by atomic mass is 79.9. The highest BCUT2D eigenvalue weighted by Gasteiger charge is 2.12. The van der Waals surface area contributed by atoms with E-state index in [0.29, 0.717) is 13.0 Å². The quantitative estimate of drug-likeness (QED) is 0.787. The molecule has 116 valence electrons. The van der Waals surface area contributed by atoms with Crippen LogP contribution in [0.25, 0.3) is 11.3 Å². The van der Waals surface area contributed by atoms with Crippen molar-refractivity contribution in [1.82, 2.24) is 4.57 Å². The number of aromatic nitrogens is 1. The standard InChI is InChI=1S/C16H16BrNO4/c17-12-3-1-11(2-4-12)14-7-5-13(6-8-15(19)20)18(14)10-9-16(21)22/h1-5,7H,6,8-10H2,(H,19,20)(H,21,22). The smallest absolute Gasteiger partial charge is 0.305 e. The van der Waals surface area contributed by atoms with Crippen molar-refractivity contribution in [2.75, 3.05) is 0 Å². The largest absolute Gasteiger partial charge is 0.481 e. The Morgan fingerprint density at radius 2 is 1.59 bits per heavy atom. The Morgan fingerprint density at radius 1 is 0.955 bits per heavy atom. The molecule has 0 amide bonds. The second-order valence-corrected chi connectivity index (χ2v) is 5.82. The molecule has 2 N–H and O–H groups in total. The number of benzene rings is 1. The number of hydrogen-bond acceptors (Lipinski definition) is 2. The molecule has 1 aromatic carbocycles. The molecule has 1 aromatic heterocycles. The number of rotatable bonds is 7. The summed E-state index contributed by atoms with van der Waals surface area (Å²) >= 11 is 3.38. The Bertz CT molecular complexity index is 676.